The van der Waals surface area contributed by atoms with Crippen LogP contribution in [0, 0.1) is 0 Å². The Morgan fingerprint density at radius 2 is 1.71 bits per heavy atom. The van der Waals surface area contributed by atoms with Crippen LogP contribution in [0.1, 0.15) is 21.5 Å². The van der Waals surface area contributed by atoms with Crippen molar-refractivity contribution in [1.29, 1.82) is 0 Å². The van der Waals surface area contributed by atoms with Crippen LogP contribution in [0.2, 0.25) is 0 Å². The van der Waals surface area contributed by atoms with Crippen LogP contribution < -0.4 is 5.32 Å². The fourth-order valence-corrected chi connectivity index (χ4v) is 3.03. The minimum atomic E-state index is -0.0522. The summed E-state index contributed by atoms with van der Waals surface area (Å²) in [6.45, 7) is 4.94. The van der Waals surface area contributed by atoms with Gasteiger partial charge in [-0.25, -0.2) is 0 Å². The molecule has 1 aliphatic rings. The summed E-state index contributed by atoms with van der Waals surface area (Å²) in [5, 5.41) is 3.01. The lowest BCUT2D eigenvalue weighted by Crippen LogP contribution is -2.36. The first-order valence-electron chi connectivity index (χ1n) is 8.13. The summed E-state index contributed by atoms with van der Waals surface area (Å²) in [5.41, 5.74) is 3.09. The lowest BCUT2D eigenvalue weighted by atomic mass is 10.1. The second-order valence-corrected chi connectivity index (χ2v) is 6.76. The summed E-state index contributed by atoms with van der Waals surface area (Å²) in [5.74, 6) is -0.0522. The Kier molecular flexibility index (Phi) is 6.01. The van der Waals surface area contributed by atoms with Gasteiger partial charge in [0, 0.05) is 36.2 Å². The summed E-state index contributed by atoms with van der Waals surface area (Å²) in [6.07, 6.45) is 0. The number of hydrogen-bond acceptors (Lipinski definition) is 3. The standard InChI is InChI=1S/C19H21BrN2O2/c20-18-7-5-15(6-8-18)19(23)21-13-16-3-1-2-4-17(16)14-22-9-11-24-12-10-22/h1-8H,9-14H2,(H,21,23). The van der Waals surface area contributed by atoms with Crippen LogP contribution in [-0.2, 0) is 17.8 Å². The number of benzene rings is 2. The van der Waals surface area contributed by atoms with Crippen LogP contribution in [0.15, 0.2) is 53.0 Å². The van der Waals surface area contributed by atoms with E-state index >= 15 is 0 Å². The maximum Gasteiger partial charge on any atom is 0.251 e. The molecule has 4 nitrogen and oxygen atoms in total. The number of halogens is 1. The minimum absolute atomic E-state index is 0.0522. The second-order valence-electron chi connectivity index (χ2n) is 5.85. The van der Waals surface area contributed by atoms with Crippen LogP contribution in [0.4, 0.5) is 0 Å². The molecule has 0 unspecified atom stereocenters. The van der Waals surface area contributed by atoms with Gasteiger partial charge in [0.1, 0.15) is 0 Å². The van der Waals surface area contributed by atoms with Gasteiger partial charge in [0.05, 0.1) is 13.2 Å². The van der Waals surface area contributed by atoms with Crippen molar-refractivity contribution in [3.05, 3.63) is 69.7 Å². The third-order valence-corrected chi connectivity index (χ3v) is 4.69. The molecule has 0 aromatic heterocycles. The second kappa shape index (κ2) is 8.42. The molecular formula is C19H21BrN2O2. The van der Waals surface area contributed by atoms with Crippen molar-refractivity contribution in [2.75, 3.05) is 26.3 Å². The Morgan fingerprint density at radius 1 is 1.04 bits per heavy atom. The van der Waals surface area contributed by atoms with E-state index < -0.39 is 0 Å². The van der Waals surface area contributed by atoms with Gasteiger partial charge in [-0.3, -0.25) is 9.69 Å². The predicted molar refractivity (Wildman–Crippen MR) is 97.9 cm³/mol. The molecule has 0 bridgehead atoms. The van der Waals surface area contributed by atoms with Gasteiger partial charge in [0.2, 0.25) is 0 Å². The number of ether oxygens (including phenoxy) is 1. The average Bonchev–Trinajstić information content (AvgIpc) is 2.62. The predicted octanol–water partition coefficient (Wildman–Crippen LogP) is 3.21. The number of nitrogens with zero attached hydrogens (tertiary/aromatic N) is 1. The molecule has 0 aliphatic carbocycles. The topological polar surface area (TPSA) is 41.6 Å². The molecule has 0 spiro atoms. The summed E-state index contributed by atoms with van der Waals surface area (Å²) >= 11 is 3.38. The zero-order valence-corrected chi connectivity index (χ0v) is 15.1. The quantitative estimate of drug-likeness (QED) is 0.854. The summed E-state index contributed by atoms with van der Waals surface area (Å²) in [7, 11) is 0. The highest BCUT2D eigenvalue weighted by atomic mass is 79.9. The number of amides is 1. The Balaban J connectivity index is 1.62. The van der Waals surface area contributed by atoms with Gasteiger partial charge < -0.3 is 10.1 Å². The normalized spacial score (nSPS) is 15.2. The first-order chi connectivity index (χ1) is 11.7. The Morgan fingerprint density at radius 3 is 2.42 bits per heavy atom. The molecule has 1 aliphatic heterocycles. The molecule has 1 N–H and O–H groups in total. The summed E-state index contributed by atoms with van der Waals surface area (Å²) in [6, 6.07) is 15.7. The molecule has 1 amide bonds. The van der Waals surface area contributed by atoms with Gasteiger partial charge in [-0.1, -0.05) is 40.2 Å². The Bertz CT molecular complexity index is 682. The number of carbonyl (C=O) groups is 1. The van der Waals surface area contributed by atoms with E-state index in [0.29, 0.717) is 12.1 Å². The Labute approximate surface area is 150 Å². The molecule has 2 aromatic rings. The molecule has 1 saturated heterocycles. The zero-order valence-electron chi connectivity index (χ0n) is 13.5. The summed E-state index contributed by atoms with van der Waals surface area (Å²) < 4.78 is 6.37. The molecule has 0 saturated carbocycles. The van der Waals surface area contributed by atoms with Gasteiger partial charge in [0.25, 0.3) is 5.91 Å². The lowest BCUT2D eigenvalue weighted by Gasteiger charge is -2.27. The van der Waals surface area contributed by atoms with Crippen molar-refractivity contribution in [3.63, 3.8) is 0 Å². The van der Waals surface area contributed by atoms with Gasteiger partial charge in [-0.05, 0) is 35.4 Å². The van der Waals surface area contributed by atoms with E-state index in [-0.39, 0.29) is 5.91 Å². The van der Waals surface area contributed by atoms with E-state index in [2.05, 4.69) is 44.3 Å². The molecule has 24 heavy (non-hydrogen) atoms. The third-order valence-electron chi connectivity index (χ3n) is 4.16. The van der Waals surface area contributed by atoms with Gasteiger partial charge >= 0.3 is 0 Å². The van der Waals surface area contributed by atoms with Crippen molar-refractivity contribution < 1.29 is 9.53 Å². The molecule has 1 heterocycles. The van der Waals surface area contributed by atoms with E-state index in [4.69, 9.17) is 4.74 Å². The van der Waals surface area contributed by atoms with Crippen LogP contribution >= 0.6 is 15.9 Å². The molecule has 5 heteroatoms. The highest BCUT2D eigenvalue weighted by molar-refractivity contribution is 9.10. The fourth-order valence-electron chi connectivity index (χ4n) is 2.76. The minimum Gasteiger partial charge on any atom is -0.379 e. The maximum absolute atomic E-state index is 12.3. The van der Waals surface area contributed by atoms with Crippen LogP contribution in [0.25, 0.3) is 0 Å². The zero-order chi connectivity index (χ0) is 16.8. The van der Waals surface area contributed by atoms with E-state index in [1.807, 2.05) is 30.3 Å². The number of carbonyl (C=O) groups excluding carboxylic acids is 1. The largest absolute Gasteiger partial charge is 0.379 e. The Hall–Kier alpha value is -1.69. The molecule has 126 valence electrons. The van der Waals surface area contributed by atoms with E-state index in [1.54, 1.807) is 0 Å². The fraction of sp³-hybridized carbons (Fsp3) is 0.316. The highest BCUT2D eigenvalue weighted by Gasteiger charge is 2.13. The van der Waals surface area contributed by atoms with Crippen molar-refractivity contribution in [2.45, 2.75) is 13.1 Å². The van der Waals surface area contributed by atoms with Gasteiger partial charge in [-0.2, -0.15) is 0 Å². The molecular weight excluding hydrogens is 368 g/mol. The van der Waals surface area contributed by atoms with Crippen LogP contribution in [0.3, 0.4) is 0 Å². The van der Waals surface area contributed by atoms with E-state index in [1.165, 1.54) is 5.56 Å². The monoisotopic (exact) mass is 388 g/mol. The first kappa shape index (κ1) is 17.1. The number of hydrogen-bond donors (Lipinski definition) is 1. The molecule has 0 atom stereocenters. The van der Waals surface area contributed by atoms with E-state index in [9.17, 15) is 4.79 Å². The van der Waals surface area contributed by atoms with Crippen molar-refractivity contribution in [1.82, 2.24) is 10.2 Å². The van der Waals surface area contributed by atoms with Crippen molar-refractivity contribution in [3.8, 4) is 0 Å². The van der Waals surface area contributed by atoms with E-state index in [0.717, 1.165) is 42.9 Å². The molecule has 1 fully saturated rings. The van der Waals surface area contributed by atoms with Crippen LogP contribution in [0.5, 0.6) is 0 Å². The summed E-state index contributed by atoms with van der Waals surface area (Å²) in [4.78, 5) is 14.7. The number of morpholine rings is 1. The van der Waals surface area contributed by atoms with Gasteiger partial charge in [0.15, 0.2) is 0 Å². The number of nitrogens with one attached hydrogen (secondary N) is 1. The molecule has 3 rings (SSSR count). The molecule has 2 aromatic carbocycles. The van der Waals surface area contributed by atoms with Gasteiger partial charge in [-0.15, -0.1) is 0 Å². The van der Waals surface area contributed by atoms with Crippen LogP contribution in [-0.4, -0.2) is 37.1 Å². The smallest absolute Gasteiger partial charge is 0.251 e. The molecule has 0 radical (unpaired) electrons. The van der Waals surface area contributed by atoms with Crippen molar-refractivity contribution >= 4 is 21.8 Å². The third kappa shape index (κ3) is 4.66. The van der Waals surface area contributed by atoms with Crippen molar-refractivity contribution in [2.24, 2.45) is 0 Å². The average molecular weight is 389 g/mol. The number of rotatable bonds is 5. The SMILES string of the molecule is O=C(NCc1ccccc1CN1CCOCC1)c1ccc(Br)cc1. The lowest BCUT2D eigenvalue weighted by molar-refractivity contribution is 0.0340. The maximum atomic E-state index is 12.3. The highest BCUT2D eigenvalue weighted by Crippen LogP contribution is 2.14. The first-order valence-corrected chi connectivity index (χ1v) is 8.92.